The van der Waals surface area contributed by atoms with E-state index in [4.69, 9.17) is 4.74 Å². The fourth-order valence-electron chi connectivity index (χ4n) is 4.75. The fourth-order valence-corrected chi connectivity index (χ4v) is 4.75. The van der Waals surface area contributed by atoms with Crippen LogP contribution in [0.3, 0.4) is 0 Å². The molecule has 0 saturated heterocycles. The minimum Gasteiger partial charge on any atom is -0.377 e. The normalized spacial score (nSPS) is 11.3. The Labute approximate surface area is 223 Å². The topological polar surface area (TPSA) is 9.23 Å². The third-order valence-corrected chi connectivity index (χ3v) is 7.02. The molecule has 190 valence electrons. The first-order chi connectivity index (χ1) is 18.2. The van der Waals surface area contributed by atoms with E-state index in [9.17, 15) is 0 Å². The first-order valence-corrected chi connectivity index (χ1v) is 13.8. The number of hydrogen-bond donors (Lipinski definition) is 0. The van der Waals surface area contributed by atoms with Crippen LogP contribution < -0.4 is 0 Å². The van der Waals surface area contributed by atoms with Crippen LogP contribution in [0, 0.1) is 0 Å². The minimum atomic E-state index is 0.678. The molecule has 4 rings (SSSR count). The molecule has 0 aliphatic heterocycles. The Hall–Kier alpha value is -3.42. The molecular formula is C36H40O. The standard InChI is InChI=1S/C36H40O/c1-3-5-6-9-29-12-14-30(15-13-29)16-17-31-18-20-32(21-19-31)22-25-34-10-7-8-11-36(34)35-26-23-33(24-27-35)28-37-4-2/h3,5,7-8,10-15,18-21,23-24,26-27H,4,6,9,16-17,22,25,28H2,1-2H3. The van der Waals surface area contributed by atoms with Gasteiger partial charge in [-0.1, -0.05) is 109 Å². The highest BCUT2D eigenvalue weighted by molar-refractivity contribution is 5.67. The fraction of sp³-hybridized carbons (Fsp3) is 0.278. The molecule has 0 atom stereocenters. The Morgan fingerprint density at radius 1 is 0.568 bits per heavy atom. The summed E-state index contributed by atoms with van der Waals surface area (Å²) in [6.45, 7) is 5.54. The highest BCUT2D eigenvalue weighted by Crippen LogP contribution is 2.25. The molecule has 1 heteroatoms. The lowest BCUT2D eigenvalue weighted by atomic mass is 9.94. The van der Waals surface area contributed by atoms with Gasteiger partial charge in [0.05, 0.1) is 6.61 Å². The van der Waals surface area contributed by atoms with Crippen LogP contribution in [-0.4, -0.2) is 6.61 Å². The lowest BCUT2D eigenvalue weighted by molar-refractivity contribution is 0.134. The van der Waals surface area contributed by atoms with E-state index in [1.807, 2.05) is 6.92 Å². The Bertz CT molecular complexity index is 1230. The SMILES string of the molecule is CC=CCCc1ccc(CCc2ccc(CCc3ccccc3-c3ccc(COCC)cc3)cc2)cc1. The van der Waals surface area contributed by atoms with E-state index < -0.39 is 0 Å². The average molecular weight is 489 g/mol. The first kappa shape index (κ1) is 26.6. The molecule has 0 radical (unpaired) electrons. The quantitative estimate of drug-likeness (QED) is 0.171. The minimum absolute atomic E-state index is 0.678. The molecule has 4 aromatic carbocycles. The van der Waals surface area contributed by atoms with Crippen molar-refractivity contribution in [3.8, 4) is 11.1 Å². The number of benzene rings is 4. The molecule has 1 nitrogen and oxygen atoms in total. The van der Waals surface area contributed by atoms with Crippen molar-refractivity contribution in [2.24, 2.45) is 0 Å². The molecule has 0 amide bonds. The second-order valence-electron chi connectivity index (χ2n) is 9.73. The van der Waals surface area contributed by atoms with E-state index >= 15 is 0 Å². The van der Waals surface area contributed by atoms with Crippen molar-refractivity contribution in [2.45, 2.75) is 59.0 Å². The number of hydrogen-bond acceptors (Lipinski definition) is 1. The number of ether oxygens (including phenoxy) is 1. The third kappa shape index (κ3) is 8.30. The third-order valence-electron chi connectivity index (χ3n) is 7.02. The van der Waals surface area contributed by atoms with Crippen LogP contribution in [0.1, 0.15) is 53.6 Å². The first-order valence-electron chi connectivity index (χ1n) is 13.8. The van der Waals surface area contributed by atoms with Crippen LogP contribution >= 0.6 is 0 Å². The van der Waals surface area contributed by atoms with Crippen molar-refractivity contribution < 1.29 is 4.74 Å². The van der Waals surface area contributed by atoms with Crippen molar-refractivity contribution in [1.29, 1.82) is 0 Å². The summed E-state index contributed by atoms with van der Waals surface area (Å²) in [6, 6.07) is 36.0. The van der Waals surface area contributed by atoms with E-state index in [0.29, 0.717) is 6.61 Å². The van der Waals surface area contributed by atoms with Crippen LogP contribution in [0.2, 0.25) is 0 Å². The zero-order valence-electron chi connectivity index (χ0n) is 22.5. The maximum absolute atomic E-state index is 5.54. The van der Waals surface area contributed by atoms with Gasteiger partial charge in [-0.25, -0.2) is 0 Å². The summed E-state index contributed by atoms with van der Waals surface area (Å²) in [5.74, 6) is 0. The van der Waals surface area contributed by atoms with E-state index in [1.165, 1.54) is 44.5 Å². The molecular weight excluding hydrogens is 448 g/mol. The Morgan fingerprint density at radius 2 is 1.08 bits per heavy atom. The lowest BCUT2D eigenvalue weighted by Gasteiger charge is -2.11. The van der Waals surface area contributed by atoms with Crippen molar-refractivity contribution >= 4 is 0 Å². The number of aryl methyl sites for hydroxylation is 5. The molecule has 0 unspecified atom stereocenters. The number of allylic oxidation sites excluding steroid dienone is 2. The summed E-state index contributed by atoms with van der Waals surface area (Å²) in [7, 11) is 0. The largest absolute Gasteiger partial charge is 0.377 e. The van der Waals surface area contributed by atoms with E-state index in [0.717, 1.165) is 45.1 Å². The molecule has 0 aliphatic rings. The van der Waals surface area contributed by atoms with E-state index in [2.05, 4.69) is 116 Å². The molecule has 0 aromatic heterocycles. The molecule has 0 fully saturated rings. The highest BCUT2D eigenvalue weighted by Gasteiger charge is 2.06. The molecule has 4 aromatic rings. The van der Waals surface area contributed by atoms with Gasteiger partial charge in [-0.3, -0.25) is 0 Å². The Morgan fingerprint density at radius 3 is 1.65 bits per heavy atom. The summed E-state index contributed by atoms with van der Waals surface area (Å²) < 4.78 is 5.54. The van der Waals surface area contributed by atoms with Crippen molar-refractivity contribution in [1.82, 2.24) is 0 Å². The molecule has 0 aliphatic carbocycles. The van der Waals surface area contributed by atoms with Gasteiger partial charge in [0.1, 0.15) is 0 Å². The summed E-state index contributed by atoms with van der Waals surface area (Å²) in [5, 5.41) is 0. The van der Waals surface area contributed by atoms with Crippen LogP contribution in [0.25, 0.3) is 11.1 Å². The molecule has 37 heavy (non-hydrogen) atoms. The van der Waals surface area contributed by atoms with Crippen LogP contribution in [0.4, 0.5) is 0 Å². The van der Waals surface area contributed by atoms with Crippen molar-refractivity contribution in [3.63, 3.8) is 0 Å². The van der Waals surface area contributed by atoms with Gasteiger partial charge in [0.2, 0.25) is 0 Å². The van der Waals surface area contributed by atoms with Crippen molar-refractivity contribution in [2.75, 3.05) is 6.61 Å². The van der Waals surface area contributed by atoms with Gasteiger partial charge in [0.25, 0.3) is 0 Å². The predicted molar refractivity (Wildman–Crippen MR) is 158 cm³/mol. The van der Waals surface area contributed by atoms with Gasteiger partial charge in [-0.05, 0) is 96.9 Å². The second kappa shape index (κ2) is 14.4. The average Bonchev–Trinajstić information content (AvgIpc) is 2.96. The summed E-state index contributed by atoms with van der Waals surface area (Å²) in [5.41, 5.74) is 10.9. The lowest BCUT2D eigenvalue weighted by Crippen LogP contribution is -1.96. The van der Waals surface area contributed by atoms with Gasteiger partial charge < -0.3 is 4.74 Å². The van der Waals surface area contributed by atoms with Gasteiger partial charge in [0, 0.05) is 6.61 Å². The smallest absolute Gasteiger partial charge is 0.0716 e. The van der Waals surface area contributed by atoms with Gasteiger partial charge in [-0.15, -0.1) is 0 Å². The molecule has 0 heterocycles. The summed E-state index contributed by atoms with van der Waals surface area (Å²) >= 11 is 0. The second-order valence-corrected chi connectivity index (χ2v) is 9.73. The zero-order chi connectivity index (χ0) is 25.7. The number of rotatable bonds is 13. The highest BCUT2D eigenvalue weighted by atomic mass is 16.5. The summed E-state index contributed by atoms with van der Waals surface area (Å²) in [6.07, 6.45) is 10.9. The van der Waals surface area contributed by atoms with Crippen LogP contribution in [0.15, 0.2) is 109 Å². The maximum atomic E-state index is 5.54. The van der Waals surface area contributed by atoms with Crippen molar-refractivity contribution in [3.05, 3.63) is 143 Å². The van der Waals surface area contributed by atoms with Crippen LogP contribution in [-0.2, 0) is 43.4 Å². The zero-order valence-corrected chi connectivity index (χ0v) is 22.5. The Balaban J connectivity index is 1.30. The van der Waals surface area contributed by atoms with E-state index in [-0.39, 0.29) is 0 Å². The summed E-state index contributed by atoms with van der Waals surface area (Å²) in [4.78, 5) is 0. The van der Waals surface area contributed by atoms with E-state index in [1.54, 1.807) is 0 Å². The van der Waals surface area contributed by atoms with Gasteiger partial charge >= 0.3 is 0 Å². The maximum Gasteiger partial charge on any atom is 0.0716 e. The van der Waals surface area contributed by atoms with Crippen LogP contribution in [0.5, 0.6) is 0 Å². The molecule has 0 spiro atoms. The molecule has 0 saturated carbocycles. The van der Waals surface area contributed by atoms with Gasteiger partial charge in [-0.2, -0.15) is 0 Å². The predicted octanol–water partition coefficient (Wildman–Crippen LogP) is 8.97. The molecule has 0 bridgehead atoms. The Kier molecular flexibility index (Phi) is 10.3. The monoisotopic (exact) mass is 488 g/mol. The molecule has 0 N–H and O–H groups in total. The van der Waals surface area contributed by atoms with Gasteiger partial charge in [0.15, 0.2) is 0 Å².